The van der Waals surface area contributed by atoms with Crippen LogP contribution in [0.25, 0.3) is 11.3 Å². The Morgan fingerprint density at radius 2 is 1.50 bits per heavy atom. The third kappa shape index (κ3) is 5.73. The Kier molecular flexibility index (Phi) is 6.82. The number of carbonyl (C=O) groups is 1. The van der Waals surface area contributed by atoms with Crippen molar-refractivity contribution in [3.8, 4) is 22.8 Å². The molecule has 5 nitrogen and oxygen atoms in total. The van der Waals surface area contributed by atoms with Crippen molar-refractivity contribution < 1.29 is 14.3 Å². The van der Waals surface area contributed by atoms with E-state index in [9.17, 15) is 4.79 Å². The normalized spacial score (nSPS) is 11.3. The molecular weight excluding hydrogens is 424 g/mol. The maximum atomic E-state index is 12.7. The van der Waals surface area contributed by atoms with Gasteiger partial charge in [-0.15, -0.1) is 0 Å². The van der Waals surface area contributed by atoms with Gasteiger partial charge in [-0.25, -0.2) is 0 Å². The van der Waals surface area contributed by atoms with E-state index in [1.165, 1.54) is 0 Å². The van der Waals surface area contributed by atoms with Crippen LogP contribution in [0.2, 0.25) is 0 Å². The zero-order chi connectivity index (χ0) is 24.1. The first-order chi connectivity index (χ1) is 16.3. The lowest BCUT2D eigenvalue weighted by Gasteiger charge is -2.19. The maximum absolute atomic E-state index is 12.7. The number of ether oxygens (including phenoxy) is 2. The number of hydrogen-bond donors (Lipinski definition) is 0. The van der Waals surface area contributed by atoms with Gasteiger partial charge in [-0.2, -0.15) is 5.10 Å². The third-order valence-corrected chi connectivity index (χ3v) is 5.38. The van der Waals surface area contributed by atoms with Crippen molar-refractivity contribution in [3.05, 3.63) is 102 Å². The van der Waals surface area contributed by atoms with Gasteiger partial charge in [-0.1, -0.05) is 66.7 Å². The van der Waals surface area contributed by atoms with Gasteiger partial charge in [0.05, 0.1) is 18.7 Å². The summed E-state index contributed by atoms with van der Waals surface area (Å²) in [4.78, 5) is 12.7. The van der Waals surface area contributed by atoms with Crippen molar-refractivity contribution in [1.29, 1.82) is 0 Å². The lowest BCUT2D eigenvalue weighted by atomic mass is 10.0. The molecule has 1 heterocycles. The fraction of sp³-hybridized carbons (Fsp3) is 0.241. The summed E-state index contributed by atoms with van der Waals surface area (Å²) in [6, 6.07) is 27.6. The van der Waals surface area contributed by atoms with E-state index in [0.717, 1.165) is 39.6 Å². The Labute approximate surface area is 201 Å². The van der Waals surface area contributed by atoms with Crippen LogP contribution in [0.5, 0.6) is 11.5 Å². The molecule has 0 aliphatic rings. The van der Waals surface area contributed by atoms with Gasteiger partial charge < -0.3 is 9.47 Å². The van der Waals surface area contributed by atoms with Gasteiger partial charge in [0.15, 0.2) is 0 Å². The second-order valence-electron chi connectivity index (χ2n) is 9.22. The second kappa shape index (κ2) is 9.96. The first kappa shape index (κ1) is 23.3. The average molecular weight is 455 g/mol. The van der Waals surface area contributed by atoms with E-state index in [1.807, 2.05) is 117 Å². The second-order valence-corrected chi connectivity index (χ2v) is 9.22. The van der Waals surface area contributed by atoms with Crippen LogP contribution in [-0.2, 0) is 22.5 Å². The van der Waals surface area contributed by atoms with Crippen LogP contribution in [0.4, 0.5) is 0 Å². The number of carbonyl (C=O) groups excluding carboxylic acids is 1. The Hall–Kier alpha value is -3.86. The molecule has 0 fully saturated rings. The first-order valence-electron chi connectivity index (χ1n) is 11.4. The van der Waals surface area contributed by atoms with E-state index in [4.69, 9.17) is 14.6 Å². The van der Waals surface area contributed by atoms with Crippen molar-refractivity contribution in [2.75, 3.05) is 0 Å². The number of benzene rings is 3. The molecule has 0 radical (unpaired) electrons. The number of hydrogen-bond acceptors (Lipinski definition) is 4. The molecule has 34 heavy (non-hydrogen) atoms. The summed E-state index contributed by atoms with van der Waals surface area (Å²) >= 11 is 0. The lowest BCUT2D eigenvalue weighted by molar-refractivity contribution is -0.153. The molecule has 4 rings (SSSR count). The van der Waals surface area contributed by atoms with Gasteiger partial charge in [0.1, 0.15) is 17.1 Å². The molecule has 0 aliphatic carbocycles. The Morgan fingerprint density at radius 1 is 0.882 bits per heavy atom. The highest BCUT2D eigenvalue weighted by atomic mass is 16.6. The highest BCUT2D eigenvalue weighted by Gasteiger charge is 2.23. The van der Waals surface area contributed by atoms with Gasteiger partial charge in [-0.05, 0) is 45.9 Å². The lowest BCUT2D eigenvalue weighted by Crippen LogP contribution is -2.25. The molecule has 3 aromatic carbocycles. The van der Waals surface area contributed by atoms with E-state index in [1.54, 1.807) is 0 Å². The average Bonchev–Trinajstić information content (AvgIpc) is 3.10. The summed E-state index contributed by atoms with van der Waals surface area (Å²) in [5.41, 5.74) is 4.03. The van der Waals surface area contributed by atoms with Crippen molar-refractivity contribution in [1.82, 2.24) is 9.78 Å². The molecule has 0 aliphatic heterocycles. The minimum Gasteiger partial charge on any atom is -0.460 e. The molecule has 0 unspecified atom stereocenters. The van der Waals surface area contributed by atoms with Crippen molar-refractivity contribution in [2.45, 2.75) is 46.3 Å². The predicted octanol–water partition coefficient (Wildman–Crippen LogP) is 6.58. The monoisotopic (exact) mass is 454 g/mol. The zero-order valence-corrected chi connectivity index (χ0v) is 20.1. The summed E-state index contributed by atoms with van der Waals surface area (Å²) in [7, 11) is 0. The van der Waals surface area contributed by atoms with Crippen molar-refractivity contribution >= 4 is 5.97 Å². The number of nitrogens with zero attached hydrogens (tertiary/aromatic N) is 2. The summed E-state index contributed by atoms with van der Waals surface area (Å²) in [6.45, 7) is 8.15. The zero-order valence-electron chi connectivity index (χ0n) is 20.1. The largest absolute Gasteiger partial charge is 0.460 e. The maximum Gasteiger partial charge on any atom is 0.310 e. The fourth-order valence-corrected chi connectivity index (χ4v) is 3.81. The number of esters is 1. The summed E-state index contributed by atoms with van der Waals surface area (Å²) < 4.78 is 13.7. The summed E-state index contributed by atoms with van der Waals surface area (Å²) in [6.07, 6.45) is 0.162. The molecule has 0 saturated heterocycles. The molecule has 1 aromatic heterocycles. The molecule has 4 aromatic rings. The Balaban J connectivity index is 1.68. The number of rotatable bonds is 7. The summed E-state index contributed by atoms with van der Waals surface area (Å²) in [5.74, 6) is 1.29. The van der Waals surface area contributed by atoms with Gasteiger partial charge in [0.25, 0.3) is 0 Å². The van der Waals surface area contributed by atoms with Crippen LogP contribution in [0, 0.1) is 6.92 Å². The SMILES string of the molecule is Cc1c(CC(=O)OC(C)(C)C)c(-c2ccccc2)nn1Cc1ccccc1Oc1ccccc1. The fourth-order valence-electron chi connectivity index (χ4n) is 3.81. The van der Waals surface area contributed by atoms with Gasteiger partial charge >= 0.3 is 5.97 Å². The van der Waals surface area contributed by atoms with Gasteiger partial charge in [0, 0.05) is 22.4 Å². The van der Waals surface area contributed by atoms with Crippen LogP contribution < -0.4 is 4.74 Å². The van der Waals surface area contributed by atoms with Crippen LogP contribution >= 0.6 is 0 Å². The molecular formula is C29H30N2O3. The highest BCUT2D eigenvalue weighted by Crippen LogP contribution is 2.30. The molecule has 174 valence electrons. The molecule has 0 N–H and O–H groups in total. The first-order valence-corrected chi connectivity index (χ1v) is 11.4. The van der Waals surface area contributed by atoms with E-state index in [-0.39, 0.29) is 12.4 Å². The smallest absolute Gasteiger partial charge is 0.310 e. The number of para-hydroxylation sites is 2. The minimum atomic E-state index is -0.540. The van der Waals surface area contributed by atoms with E-state index >= 15 is 0 Å². The van der Waals surface area contributed by atoms with E-state index in [2.05, 4.69) is 0 Å². The standard InChI is InChI=1S/C29H30N2O3/c1-21-25(19-27(32)34-29(2,3)4)28(22-13-7-5-8-14-22)30-31(21)20-23-15-11-12-18-26(23)33-24-16-9-6-10-17-24/h5-18H,19-20H2,1-4H3. The quantitative estimate of drug-likeness (QED) is 0.296. The number of aromatic nitrogens is 2. The van der Waals surface area contributed by atoms with Crippen LogP contribution in [0.3, 0.4) is 0 Å². The molecule has 0 amide bonds. The van der Waals surface area contributed by atoms with Crippen LogP contribution in [-0.4, -0.2) is 21.4 Å². The minimum absolute atomic E-state index is 0.162. The van der Waals surface area contributed by atoms with Gasteiger partial charge in [-0.3, -0.25) is 9.48 Å². The highest BCUT2D eigenvalue weighted by molar-refractivity contribution is 5.77. The Morgan fingerprint density at radius 3 is 2.18 bits per heavy atom. The molecule has 0 bridgehead atoms. The van der Waals surface area contributed by atoms with Crippen molar-refractivity contribution in [2.24, 2.45) is 0 Å². The van der Waals surface area contributed by atoms with Gasteiger partial charge in [0.2, 0.25) is 0 Å². The molecule has 0 atom stereocenters. The molecule has 5 heteroatoms. The van der Waals surface area contributed by atoms with Crippen LogP contribution in [0.1, 0.15) is 37.6 Å². The van der Waals surface area contributed by atoms with Crippen molar-refractivity contribution in [3.63, 3.8) is 0 Å². The van der Waals surface area contributed by atoms with E-state index in [0.29, 0.717) is 6.54 Å². The van der Waals surface area contributed by atoms with Crippen LogP contribution in [0.15, 0.2) is 84.9 Å². The topological polar surface area (TPSA) is 53.3 Å². The molecule has 0 saturated carbocycles. The molecule has 0 spiro atoms. The summed E-state index contributed by atoms with van der Waals surface area (Å²) in [5, 5.41) is 4.93. The third-order valence-electron chi connectivity index (χ3n) is 5.38. The predicted molar refractivity (Wildman–Crippen MR) is 134 cm³/mol. The Bertz CT molecular complexity index is 1260. The van der Waals surface area contributed by atoms with E-state index < -0.39 is 5.60 Å².